The number of hydrogen-bond acceptors (Lipinski definition) is 3. The first-order valence-electron chi connectivity index (χ1n) is 6.31. The van der Waals surface area contributed by atoms with Crippen LogP contribution in [0.2, 0.25) is 0 Å². The van der Waals surface area contributed by atoms with E-state index in [2.05, 4.69) is 29.6 Å². The monoisotopic (exact) mass is 249 g/mol. The second kappa shape index (κ2) is 5.01. The summed E-state index contributed by atoms with van der Waals surface area (Å²) in [6.45, 7) is 0. The highest BCUT2D eigenvalue weighted by Gasteiger charge is 2.32. The SMILES string of the molecule is COC1CC(NC2CSCc3ccccc32)C1. The minimum absolute atomic E-state index is 0.485. The van der Waals surface area contributed by atoms with E-state index in [1.165, 1.54) is 35.5 Å². The lowest BCUT2D eigenvalue weighted by molar-refractivity contribution is 0.0148. The van der Waals surface area contributed by atoms with Gasteiger partial charge in [-0.25, -0.2) is 0 Å². The van der Waals surface area contributed by atoms with Crippen molar-refractivity contribution in [2.75, 3.05) is 12.9 Å². The van der Waals surface area contributed by atoms with Gasteiger partial charge in [-0.2, -0.15) is 11.8 Å². The van der Waals surface area contributed by atoms with E-state index < -0.39 is 0 Å². The molecule has 1 aliphatic carbocycles. The van der Waals surface area contributed by atoms with Gasteiger partial charge in [-0.1, -0.05) is 24.3 Å². The Labute approximate surface area is 107 Å². The molecule has 0 saturated heterocycles. The number of hydrogen-bond donors (Lipinski definition) is 1. The van der Waals surface area contributed by atoms with Crippen LogP contribution in [-0.2, 0) is 10.5 Å². The third-order valence-corrected chi connectivity index (χ3v) is 4.92. The summed E-state index contributed by atoms with van der Waals surface area (Å²) < 4.78 is 5.33. The van der Waals surface area contributed by atoms with Crippen LogP contribution in [0.4, 0.5) is 0 Å². The van der Waals surface area contributed by atoms with E-state index in [4.69, 9.17) is 4.74 Å². The Hall–Kier alpha value is -0.510. The summed E-state index contributed by atoms with van der Waals surface area (Å²) in [6, 6.07) is 10.0. The maximum absolute atomic E-state index is 5.33. The molecule has 1 unspecified atom stereocenters. The lowest BCUT2D eigenvalue weighted by atomic mass is 9.88. The normalized spacial score (nSPS) is 31.7. The molecule has 0 amide bonds. The predicted octanol–water partition coefficient (Wildman–Crippen LogP) is 2.74. The topological polar surface area (TPSA) is 21.3 Å². The van der Waals surface area contributed by atoms with Crippen molar-refractivity contribution < 1.29 is 4.74 Å². The fraction of sp³-hybridized carbons (Fsp3) is 0.571. The number of ether oxygens (including phenoxy) is 1. The van der Waals surface area contributed by atoms with Gasteiger partial charge in [-0.15, -0.1) is 0 Å². The number of rotatable bonds is 3. The van der Waals surface area contributed by atoms with Crippen LogP contribution in [-0.4, -0.2) is 25.0 Å². The van der Waals surface area contributed by atoms with Crippen molar-refractivity contribution in [3.8, 4) is 0 Å². The van der Waals surface area contributed by atoms with Gasteiger partial charge >= 0.3 is 0 Å². The lowest BCUT2D eigenvalue weighted by Crippen LogP contribution is -2.47. The molecule has 0 aromatic heterocycles. The molecule has 2 aliphatic rings. The molecule has 1 aliphatic heterocycles. The highest BCUT2D eigenvalue weighted by atomic mass is 32.2. The summed E-state index contributed by atoms with van der Waals surface area (Å²) in [6.07, 6.45) is 2.82. The second-order valence-electron chi connectivity index (χ2n) is 4.96. The quantitative estimate of drug-likeness (QED) is 0.890. The van der Waals surface area contributed by atoms with Crippen LogP contribution in [0.25, 0.3) is 0 Å². The van der Waals surface area contributed by atoms with Crippen LogP contribution in [0.5, 0.6) is 0 Å². The predicted molar refractivity (Wildman–Crippen MR) is 72.3 cm³/mol. The molecule has 0 bridgehead atoms. The Balaban J connectivity index is 1.65. The Morgan fingerprint density at radius 1 is 1.29 bits per heavy atom. The molecular weight excluding hydrogens is 230 g/mol. The van der Waals surface area contributed by atoms with Crippen LogP contribution < -0.4 is 5.32 Å². The molecule has 2 nitrogen and oxygen atoms in total. The van der Waals surface area contributed by atoms with Crippen molar-refractivity contribution >= 4 is 11.8 Å². The standard InChI is InChI=1S/C14H19NOS/c1-16-12-6-11(7-12)15-14-9-17-8-10-4-2-3-5-13(10)14/h2-5,11-12,14-15H,6-9H2,1H3. The Kier molecular flexibility index (Phi) is 3.41. The minimum atomic E-state index is 0.485. The maximum Gasteiger partial charge on any atom is 0.0601 e. The van der Waals surface area contributed by atoms with Crippen molar-refractivity contribution in [3.05, 3.63) is 35.4 Å². The van der Waals surface area contributed by atoms with E-state index in [9.17, 15) is 0 Å². The summed E-state index contributed by atoms with van der Waals surface area (Å²) >= 11 is 2.04. The van der Waals surface area contributed by atoms with Crippen molar-refractivity contribution in [3.63, 3.8) is 0 Å². The molecule has 0 spiro atoms. The first kappa shape index (κ1) is 11.6. The molecule has 3 rings (SSSR count). The zero-order chi connectivity index (χ0) is 11.7. The summed E-state index contributed by atoms with van der Waals surface area (Å²) in [4.78, 5) is 0. The molecule has 1 aromatic carbocycles. The molecule has 1 atom stereocenters. The number of thioether (sulfide) groups is 1. The van der Waals surface area contributed by atoms with Crippen LogP contribution >= 0.6 is 11.8 Å². The molecule has 1 fully saturated rings. The van der Waals surface area contributed by atoms with E-state index in [-0.39, 0.29) is 0 Å². The van der Waals surface area contributed by atoms with Gasteiger partial charge in [0.25, 0.3) is 0 Å². The smallest absolute Gasteiger partial charge is 0.0601 e. The van der Waals surface area contributed by atoms with Gasteiger partial charge in [0.2, 0.25) is 0 Å². The summed E-state index contributed by atoms with van der Waals surface area (Å²) in [5.41, 5.74) is 3.01. The first-order chi connectivity index (χ1) is 8.36. The fourth-order valence-corrected chi connectivity index (χ4v) is 3.81. The highest BCUT2D eigenvalue weighted by molar-refractivity contribution is 7.98. The van der Waals surface area contributed by atoms with Crippen molar-refractivity contribution in [1.29, 1.82) is 0 Å². The number of benzene rings is 1. The Morgan fingerprint density at radius 2 is 2.12 bits per heavy atom. The highest BCUT2D eigenvalue weighted by Crippen LogP contribution is 2.34. The third kappa shape index (κ3) is 2.37. The molecule has 3 heteroatoms. The Morgan fingerprint density at radius 3 is 2.94 bits per heavy atom. The zero-order valence-corrected chi connectivity index (χ0v) is 11.0. The van der Waals surface area contributed by atoms with E-state index in [0.717, 1.165) is 0 Å². The summed E-state index contributed by atoms with van der Waals surface area (Å²) in [7, 11) is 1.81. The molecule has 1 saturated carbocycles. The molecule has 92 valence electrons. The minimum Gasteiger partial charge on any atom is -0.381 e. The lowest BCUT2D eigenvalue weighted by Gasteiger charge is -2.39. The molecule has 0 radical (unpaired) electrons. The van der Waals surface area contributed by atoms with Gasteiger partial charge in [-0.3, -0.25) is 0 Å². The van der Waals surface area contributed by atoms with E-state index >= 15 is 0 Å². The first-order valence-corrected chi connectivity index (χ1v) is 7.46. The molecule has 17 heavy (non-hydrogen) atoms. The van der Waals surface area contributed by atoms with Gasteiger partial charge in [0.1, 0.15) is 0 Å². The van der Waals surface area contributed by atoms with E-state index in [0.29, 0.717) is 18.2 Å². The molecule has 1 aromatic rings. The summed E-state index contributed by atoms with van der Waals surface area (Å²) in [5.74, 6) is 2.37. The fourth-order valence-electron chi connectivity index (χ4n) is 2.70. The maximum atomic E-state index is 5.33. The van der Waals surface area contributed by atoms with Crippen LogP contribution in [0.15, 0.2) is 24.3 Å². The van der Waals surface area contributed by atoms with Crippen molar-refractivity contribution in [2.45, 2.75) is 36.8 Å². The van der Waals surface area contributed by atoms with Crippen LogP contribution in [0.3, 0.4) is 0 Å². The average Bonchev–Trinajstić information content (AvgIpc) is 2.33. The average molecular weight is 249 g/mol. The van der Waals surface area contributed by atoms with Gasteiger partial charge in [0, 0.05) is 30.7 Å². The van der Waals surface area contributed by atoms with Crippen LogP contribution in [0, 0.1) is 0 Å². The van der Waals surface area contributed by atoms with Crippen molar-refractivity contribution in [1.82, 2.24) is 5.32 Å². The number of fused-ring (bicyclic) bond motifs is 1. The van der Waals surface area contributed by atoms with Crippen molar-refractivity contribution in [2.24, 2.45) is 0 Å². The second-order valence-corrected chi connectivity index (χ2v) is 5.99. The Bertz CT molecular complexity index is 390. The number of nitrogens with one attached hydrogen (secondary N) is 1. The van der Waals surface area contributed by atoms with E-state index in [1.807, 2.05) is 18.9 Å². The molecule has 1 heterocycles. The number of methoxy groups -OCH3 is 1. The molecular formula is C14H19NOS. The van der Waals surface area contributed by atoms with Gasteiger partial charge in [0.05, 0.1) is 6.10 Å². The van der Waals surface area contributed by atoms with E-state index in [1.54, 1.807) is 0 Å². The van der Waals surface area contributed by atoms with Gasteiger partial charge in [-0.05, 0) is 24.0 Å². The third-order valence-electron chi connectivity index (χ3n) is 3.84. The van der Waals surface area contributed by atoms with Crippen LogP contribution in [0.1, 0.15) is 30.0 Å². The summed E-state index contributed by atoms with van der Waals surface area (Å²) in [5, 5.41) is 3.77. The zero-order valence-electron chi connectivity index (χ0n) is 10.2. The van der Waals surface area contributed by atoms with Gasteiger partial charge in [0.15, 0.2) is 0 Å². The largest absolute Gasteiger partial charge is 0.381 e. The molecule has 1 N–H and O–H groups in total. The van der Waals surface area contributed by atoms with Gasteiger partial charge < -0.3 is 10.1 Å².